The monoisotopic (exact) mass is 198 g/mol. The second kappa shape index (κ2) is 2.97. The molecule has 0 aromatic heterocycles. The van der Waals surface area contributed by atoms with E-state index in [1.54, 1.807) is 6.07 Å². The van der Waals surface area contributed by atoms with Crippen LogP contribution in [0.4, 0.5) is 5.69 Å². The molecule has 1 aromatic rings. The summed E-state index contributed by atoms with van der Waals surface area (Å²) >= 11 is 5.74. The molecule has 0 bridgehead atoms. The SMILES string of the molecule is O=[N+]([O-])c1ccc(Cl)cc1[C@H]1CN1. The van der Waals surface area contributed by atoms with E-state index in [1.807, 2.05) is 0 Å². The fraction of sp³-hybridized carbons (Fsp3) is 0.250. The molecule has 5 heteroatoms. The lowest BCUT2D eigenvalue weighted by Crippen LogP contribution is -1.95. The summed E-state index contributed by atoms with van der Waals surface area (Å²) in [5.74, 6) is 0. The molecule has 0 amide bonds. The highest BCUT2D eigenvalue weighted by molar-refractivity contribution is 6.30. The van der Waals surface area contributed by atoms with Gasteiger partial charge in [0.25, 0.3) is 5.69 Å². The normalized spacial score (nSPS) is 19.9. The quantitative estimate of drug-likeness (QED) is 0.448. The van der Waals surface area contributed by atoms with E-state index in [1.165, 1.54) is 12.1 Å². The van der Waals surface area contributed by atoms with Crippen LogP contribution in [0.3, 0.4) is 0 Å². The topological polar surface area (TPSA) is 65.1 Å². The van der Waals surface area contributed by atoms with Gasteiger partial charge in [0.15, 0.2) is 0 Å². The fourth-order valence-electron chi connectivity index (χ4n) is 1.25. The molecule has 0 saturated carbocycles. The first-order valence-corrected chi connectivity index (χ1v) is 4.23. The van der Waals surface area contributed by atoms with Crippen LogP contribution in [0.2, 0.25) is 5.02 Å². The van der Waals surface area contributed by atoms with Gasteiger partial charge in [-0.25, -0.2) is 0 Å². The molecule has 0 aliphatic carbocycles. The van der Waals surface area contributed by atoms with Gasteiger partial charge in [0.05, 0.1) is 11.0 Å². The van der Waals surface area contributed by atoms with Crippen LogP contribution in [-0.4, -0.2) is 11.5 Å². The van der Waals surface area contributed by atoms with Crippen molar-refractivity contribution in [2.75, 3.05) is 6.54 Å². The molecule has 1 atom stereocenters. The van der Waals surface area contributed by atoms with Crippen LogP contribution in [0.15, 0.2) is 18.2 Å². The zero-order chi connectivity index (χ0) is 9.42. The molecule has 1 fully saturated rings. The Kier molecular flexibility index (Phi) is 1.94. The molecule has 1 aliphatic heterocycles. The Balaban J connectivity index is 2.47. The van der Waals surface area contributed by atoms with Gasteiger partial charge < -0.3 is 5.32 Å². The van der Waals surface area contributed by atoms with Crippen LogP contribution in [0, 0.1) is 10.1 Å². The molecule has 1 heterocycles. The van der Waals surface area contributed by atoms with Crippen LogP contribution in [0.25, 0.3) is 0 Å². The molecule has 1 N–H and O–H groups in total. The average molecular weight is 199 g/mol. The van der Waals surface area contributed by atoms with Crippen LogP contribution >= 0.6 is 11.6 Å². The van der Waals surface area contributed by atoms with Gasteiger partial charge in [-0.15, -0.1) is 0 Å². The Morgan fingerprint density at radius 1 is 1.62 bits per heavy atom. The molecule has 0 spiro atoms. The first-order chi connectivity index (χ1) is 6.18. The Labute approximate surface area is 79.7 Å². The van der Waals surface area contributed by atoms with Crippen molar-refractivity contribution in [2.24, 2.45) is 0 Å². The van der Waals surface area contributed by atoms with E-state index >= 15 is 0 Å². The highest BCUT2D eigenvalue weighted by atomic mass is 35.5. The van der Waals surface area contributed by atoms with E-state index in [0.29, 0.717) is 10.6 Å². The minimum Gasteiger partial charge on any atom is -0.307 e. The molecule has 2 rings (SSSR count). The lowest BCUT2D eigenvalue weighted by Gasteiger charge is -1.99. The molecular weight excluding hydrogens is 192 g/mol. The van der Waals surface area contributed by atoms with E-state index in [0.717, 1.165) is 6.54 Å². The standard InChI is InChI=1S/C8H7ClN2O2/c9-5-1-2-8(11(12)13)6(3-5)7-4-10-7/h1-3,7,10H,4H2/t7-/m1/s1. The summed E-state index contributed by atoms with van der Waals surface area (Å²) in [5, 5.41) is 14.1. The lowest BCUT2D eigenvalue weighted by atomic mass is 10.1. The van der Waals surface area contributed by atoms with Crippen LogP contribution in [-0.2, 0) is 0 Å². The van der Waals surface area contributed by atoms with Crippen molar-refractivity contribution in [3.05, 3.63) is 38.9 Å². The molecule has 13 heavy (non-hydrogen) atoms. The van der Waals surface area contributed by atoms with Crippen molar-refractivity contribution < 1.29 is 4.92 Å². The number of hydrogen-bond acceptors (Lipinski definition) is 3. The third-order valence-corrected chi connectivity index (χ3v) is 2.21. The van der Waals surface area contributed by atoms with Crippen molar-refractivity contribution in [3.8, 4) is 0 Å². The van der Waals surface area contributed by atoms with Gasteiger partial charge >= 0.3 is 0 Å². The predicted molar refractivity (Wildman–Crippen MR) is 48.9 cm³/mol. The van der Waals surface area contributed by atoms with E-state index in [2.05, 4.69) is 5.32 Å². The number of nitro benzene ring substituents is 1. The fourth-order valence-corrected chi connectivity index (χ4v) is 1.43. The van der Waals surface area contributed by atoms with Gasteiger partial charge in [-0.1, -0.05) is 11.6 Å². The first-order valence-electron chi connectivity index (χ1n) is 3.85. The van der Waals surface area contributed by atoms with Gasteiger partial charge in [-0.3, -0.25) is 10.1 Å². The maximum Gasteiger partial charge on any atom is 0.274 e. The minimum absolute atomic E-state index is 0.110. The number of benzene rings is 1. The number of nitrogens with one attached hydrogen (secondary N) is 1. The number of nitro groups is 1. The molecule has 0 radical (unpaired) electrons. The van der Waals surface area contributed by atoms with Gasteiger partial charge in [0.1, 0.15) is 0 Å². The largest absolute Gasteiger partial charge is 0.307 e. The second-order valence-corrected chi connectivity index (χ2v) is 3.36. The van der Waals surface area contributed by atoms with Gasteiger partial charge in [-0.2, -0.15) is 0 Å². The average Bonchev–Trinajstić information content (AvgIpc) is 2.85. The maximum atomic E-state index is 10.6. The zero-order valence-electron chi connectivity index (χ0n) is 6.66. The highest BCUT2D eigenvalue weighted by Crippen LogP contribution is 2.32. The van der Waals surface area contributed by atoms with Crippen LogP contribution in [0.1, 0.15) is 11.6 Å². The number of rotatable bonds is 2. The summed E-state index contributed by atoms with van der Waals surface area (Å²) in [4.78, 5) is 10.2. The lowest BCUT2D eigenvalue weighted by molar-refractivity contribution is -0.385. The van der Waals surface area contributed by atoms with Crippen molar-refractivity contribution >= 4 is 17.3 Å². The molecule has 1 saturated heterocycles. The van der Waals surface area contributed by atoms with E-state index < -0.39 is 0 Å². The summed E-state index contributed by atoms with van der Waals surface area (Å²) in [7, 11) is 0. The number of nitrogens with zero attached hydrogens (tertiary/aromatic N) is 1. The highest BCUT2D eigenvalue weighted by Gasteiger charge is 2.29. The Morgan fingerprint density at radius 2 is 2.31 bits per heavy atom. The molecule has 1 aromatic carbocycles. The molecular formula is C8H7ClN2O2. The van der Waals surface area contributed by atoms with E-state index in [-0.39, 0.29) is 16.7 Å². The molecule has 68 valence electrons. The number of hydrogen-bond donors (Lipinski definition) is 1. The predicted octanol–water partition coefficient (Wildman–Crippen LogP) is 1.89. The van der Waals surface area contributed by atoms with Gasteiger partial charge in [0.2, 0.25) is 0 Å². The second-order valence-electron chi connectivity index (χ2n) is 2.92. The minimum atomic E-state index is -0.383. The molecule has 1 aliphatic rings. The third kappa shape index (κ3) is 1.64. The van der Waals surface area contributed by atoms with Gasteiger partial charge in [-0.05, 0) is 12.1 Å². The number of halogens is 1. The molecule has 4 nitrogen and oxygen atoms in total. The smallest absolute Gasteiger partial charge is 0.274 e. The summed E-state index contributed by atoms with van der Waals surface area (Å²) in [6, 6.07) is 4.73. The molecule has 0 unspecified atom stereocenters. The van der Waals surface area contributed by atoms with E-state index in [9.17, 15) is 10.1 Å². The van der Waals surface area contributed by atoms with Crippen LogP contribution < -0.4 is 5.32 Å². The van der Waals surface area contributed by atoms with Crippen molar-refractivity contribution in [1.82, 2.24) is 5.32 Å². The first kappa shape index (κ1) is 8.47. The zero-order valence-corrected chi connectivity index (χ0v) is 7.41. The van der Waals surface area contributed by atoms with Crippen molar-refractivity contribution in [2.45, 2.75) is 6.04 Å². The summed E-state index contributed by atoms with van der Waals surface area (Å²) in [5.41, 5.74) is 0.817. The Hall–Kier alpha value is -1.13. The van der Waals surface area contributed by atoms with E-state index in [4.69, 9.17) is 11.6 Å². The van der Waals surface area contributed by atoms with Crippen molar-refractivity contribution in [1.29, 1.82) is 0 Å². The maximum absolute atomic E-state index is 10.6. The van der Waals surface area contributed by atoms with Crippen LogP contribution in [0.5, 0.6) is 0 Å². The summed E-state index contributed by atoms with van der Waals surface area (Å²) in [6.45, 7) is 0.793. The summed E-state index contributed by atoms with van der Waals surface area (Å²) in [6.07, 6.45) is 0. The Bertz CT molecular complexity index is 363. The Morgan fingerprint density at radius 3 is 2.85 bits per heavy atom. The third-order valence-electron chi connectivity index (χ3n) is 1.97. The van der Waals surface area contributed by atoms with Gasteiger partial charge in [0, 0.05) is 23.2 Å². The van der Waals surface area contributed by atoms with Crippen molar-refractivity contribution in [3.63, 3.8) is 0 Å². The summed E-state index contributed by atoms with van der Waals surface area (Å²) < 4.78 is 0.